The van der Waals surface area contributed by atoms with Crippen molar-refractivity contribution in [1.29, 1.82) is 0 Å². The van der Waals surface area contributed by atoms with Crippen molar-refractivity contribution in [1.82, 2.24) is 9.38 Å². The monoisotopic (exact) mass is 282 g/mol. The molecule has 0 unspecified atom stereocenters. The van der Waals surface area contributed by atoms with Gasteiger partial charge in [-0.2, -0.15) is 0 Å². The molecule has 0 saturated carbocycles. The molecule has 0 spiro atoms. The van der Waals surface area contributed by atoms with Gasteiger partial charge in [0.1, 0.15) is 5.65 Å². The average Bonchev–Trinajstić information content (AvgIpc) is 2.52. The number of aromatic nitrogens is 2. The molecule has 0 aliphatic rings. The molecule has 0 radical (unpaired) electrons. The van der Waals surface area contributed by atoms with Gasteiger partial charge in [0.15, 0.2) is 0 Å². The number of carboxylic acid groups (broad SMARTS) is 1. The first-order chi connectivity index (χ1) is 7.58. The van der Waals surface area contributed by atoms with Crippen LogP contribution in [0.1, 0.15) is 17.8 Å². The Balaban J connectivity index is 2.39. The molecular weight excluding hydrogens is 272 g/mol. The molecular formula is C11H11BrN2O2. The van der Waals surface area contributed by atoms with Crippen molar-refractivity contribution in [2.24, 2.45) is 0 Å². The van der Waals surface area contributed by atoms with Crippen molar-refractivity contribution in [2.75, 3.05) is 0 Å². The Morgan fingerprint density at radius 1 is 1.62 bits per heavy atom. The Kier molecular flexibility index (Phi) is 2.96. The zero-order valence-electron chi connectivity index (χ0n) is 8.77. The third-order valence-electron chi connectivity index (χ3n) is 2.50. The minimum atomic E-state index is -0.794. The Hall–Kier alpha value is -1.36. The van der Waals surface area contributed by atoms with E-state index in [0.717, 1.165) is 21.5 Å². The van der Waals surface area contributed by atoms with Gasteiger partial charge in [0.25, 0.3) is 0 Å². The molecule has 84 valence electrons. The van der Waals surface area contributed by atoms with Crippen molar-refractivity contribution in [3.63, 3.8) is 0 Å². The van der Waals surface area contributed by atoms with E-state index in [-0.39, 0.29) is 6.42 Å². The highest BCUT2D eigenvalue weighted by Crippen LogP contribution is 2.17. The minimum absolute atomic E-state index is 0.117. The lowest BCUT2D eigenvalue weighted by Gasteiger charge is -1.97. The van der Waals surface area contributed by atoms with Crippen LogP contribution in [0.4, 0.5) is 0 Å². The van der Waals surface area contributed by atoms with Gasteiger partial charge in [0, 0.05) is 22.8 Å². The number of pyridine rings is 1. The van der Waals surface area contributed by atoms with E-state index in [0.29, 0.717) is 6.42 Å². The van der Waals surface area contributed by atoms with Gasteiger partial charge in [0.2, 0.25) is 0 Å². The van der Waals surface area contributed by atoms with Crippen molar-refractivity contribution < 1.29 is 9.90 Å². The number of rotatable bonds is 3. The fourth-order valence-corrected chi connectivity index (χ4v) is 1.98. The molecule has 2 heterocycles. The van der Waals surface area contributed by atoms with Gasteiger partial charge in [-0.1, -0.05) is 15.9 Å². The lowest BCUT2D eigenvalue weighted by Crippen LogP contribution is -1.99. The van der Waals surface area contributed by atoms with Crippen LogP contribution in [-0.4, -0.2) is 20.5 Å². The summed E-state index contributed by atoms with van der Waals surface area (Å²) in [6.07, 6.45) is 2.51. The summed E-state index contributed by atoms with van der Waals surface area (Å²) in [5.74, 6) is -0.794. The lowest BCUT2D eigenvalue weighted by atomic mass is 10.2. The molecule has 16 heavy (non-hydrogen) atoms. The van der Waals surface area contributed by atoms with Gasteiger partial charge in [-0.15, -0.1) is 0 Å². The first kappa shape index (κ1) is 11.1. The number of aliphatic carboxylic acids is 1. The molecule has 0 fully saturated rings. The number of hydrogen-bond donors (Lipinski definition) is 1. The van der Waals surface area contributed by atoms with Crippen LogP contribution in [0.25, 0.3) is 5.65 Å². The van der Waals surface area contributed by atoms with E-state index >= 15 is 0 Å². The normalized spacial score (nSPS) is 10.9. The first-order valence-electron chi connectivity index (χ1n) is 4.93. The number of aryl methyl sites for hydroxylation is 2. The van der Waals surface area contributed by atoms with Gasteiger partial charge in [-0.3, -0.25) is 4.79 Å². The average molecular weight is 283 g/mol. The molecule has 5 heteroatoms. The Labute approximate surface area is 101 Å². The zero-order valence-corrected chi connectivity index (χ0v) is 10.4. The second-order valence-corrected chi connectivity index (χ2v) is 4.53. The van der Waals surface area contributed by atoms with E-state index in [1.807, 2.05) is 29.7 Å². The first-order valence-corrected chi connectivity index (χ1v) is 5.72. The fourth-order valence-electron chi connectivity index (χ4n) is 1.65. The van der Waals surface area contributed by atoms with E-state index in [2.05, 4.69) is 20.9 Å². The van der Waals surface area contributed by atoms with Crippen LogP contribution in [0.3, 0.4) is 0 Å². The predicted molar refractivity (Wildman–Crippen MR) is 63.6 cm³/mol. The largest absolute Gasteiger partial charge is 0.481 e. The summed E-state index contributed by atoms with van der Waals surface area (Å²) in [7, 11) is 0. The molecule has 4 nitrogen and oxygen atoms in total. The molecule has 0 amide bonds. The van der Waals surface area contributed by atoms with Gasteiger partial charge in [-0.25, -0.2) is 4.98 Å². The Morgan fingerprint density at radius 3 is 3.06 bits per heavy atom. The molecule has 0 aliphatic carbocycles. The van der Waals surface area contributed by atoms with E-state index in [4.69, 9.17) is 5.11 Å². The summed E-state index contributed by atoms with van der Waals surface area (Å²) in [5, 5.41) is 8.64. The van der Waals surface area contributed by atoms with E-state index in [1.54, 1.807) is 0 Å². The van der Waals surface area contributed by atoms with Gasteiger partial charge in [0.05, 0.1) is 12.1 Å². The fraction of sp³-hybridized carbons (Fsp3) is 0.273. The highest BCUT2D eigenvalue weighted by atomic mass is 79.9. The molecule has 0 atom stereocenters. The van der Waals surface area contributed by atoms with Gasteiger partial charge in [-0.05, 0) is 19.1 Å². The SMILES string of the molecule is Cc1c(CCC(=O)O)nc2cc(Br)ccn12. The molecule has 0 aliphatic heterocycles. The maximum Gasteiger partial charge on any atom is 0.303 e. The van der Waals surface area contributed by atoms with Crippen LogP contribution >= 0.6 is 15.9 Å². The quantitative estimate of drug-likeness (QED) is 0.941. The standard InChI is InChI=1S/C11H11BrN2O2/c1-7-9(2-3-11(15)16)13-10-6-8(12)4-5-14(7)10/h4-6H,2-3H2,1H3,(H,15,16). The van der Waals surface area contributed by atoms with Gasteiger partial charge >= 0.3 is 5.97 Å². The molecule has 2 aromatic heterocycles. The summed E-state index contributed by atoms with van der Waals surface area (Å²) in [6.45, 7) is 1.95. The third-order valence-corrected chi connectivity index (χ3v) is 2.99. The smallest absolute Gasteiger partial charge is 0.303 e. The van der Waals surface area contributed by atoms with Crippen LogP contribution < -0.4 is 0 Å². The summed E-state index contributed by atoms with van der Waals surface area (Å²) in [4.78, 5) is 14.9. The Bertz CT molecular complexity index is 548. The number of hydrogen-bond acceptors (Lipinski definition) is 2. The summed E-state index contributed by atoms with van der Waals surface area (Å²) >= 11 is 3.38. The van der Waals surface area contributed by atoms with Crippen LogP contribution in [0.5, 0.6) is 0 Å². The van der Waals surface area contributed by atoms with Crippen LogP contribution in [-0.2, 0) is 11.2 Å². The van der Waals surface area contributed by atoms with Crippen LogP contribution in [0.15, 0.2) is 22.8 Å². The summed E-state index contributed by atoms with van der Waals surface area (Å²) in [6, 6.07) is 3.85. The highest BCUT2D eigenvalue weighted by Gasteiger charge is 2.09. The van der Waals surface area contributed by atoms with E-state index in [1.165, 1.54) is 0 Å². The second kappa shape index (κ2) is 4.25. The molecule has 0 bridgehead atoms. The maximum absolute atomic E-state index is 10.5. The number of imidazole rings is 1. The van der Waals surface area contributed by atoms with Gasteiger partial charge < -0.3 is 9.51 Å². The highest BCUT2D eigenvalue weighted by molar-refractivity contribution is 9.10. The zero-order chi connectivity index (χ0) is 11.7. The number of nitrogens with zero attached hydrogens (tertiary/aromatic N) is 2. The third kappa shape index (κ3) is 2.09. The Morgan fingerprint density at radius 2 is 2.38 bits per heavy atom. The summed E-state index contributed by atoms with van der Waals surface area (Å²) < 4.78 is 2.93. The molecule has 1 N–H and O–H groups in total. The van der Waals surface area contributed by atoms with Crippen molar-refractivity contribution in [3.05, 3.63) is 34.2 Å². The predicted octanol–water partition coefficient (Wildman–Crippen LogP) is 2.42. The molecule has 0 saturated heterocycles. The number of fused-ring (bicyclic) bond motifs is 1. The molecule has 2 rings (SSSR count). The van der Waals surface area contributed by atoms with E-state index < -0.39 is 5.97 Å². The number of halogens is 1. The lowest BCUT2D eigenvalue weighted by molar-refractivity contribution is -0.136. The number of carbonyl (C=O) groups is 1. The second-order valence-electron chi connectivity index (χ2n) is 3.61. The van der Waals surface area contributed by atoms with Crippen molar-refractivity contribution in [3.8, 4) is 0 Å². The molecule has 2 aromatic rings. The van der Waals surface area contributed by atoms with Crippen molar-refractivity contribution >= 4 is 27.5 Å². The van der Waals surface area contributed by atoms with E-state index in [9.17, 15) is 4.79 Å². The number of carboxylic acids is 1. The van der Waals surface area contributed by atoms with Crippen LogP contribution in [0.2, 0.25) is 0 Å². The topological polar surface area (TPSA) is 54.6 Å². The van der Waals surface area contributed by atoms with Crippen LogP contribution in [0, 0.1) is 6.92 Å². The maximum atomic E-state index is 10.5. The van der Waals surface area contributed by atoms with Crippen molar-refractivity contribution in [2.45, 2.75) is 19.8 Å². The molecule has 0 aromatic carbocycles. The summed E-state index contributed by atoms with van der Waals surface area (Å²) in [5.41, 5.74) is 2.69. The minimum Gasteiger partial charge on any atom is -0.481 e.